The molecule has 0 amide bonds. The van der Waals surface area contributed by atoms with E-state index in [-0.39, 0.29) is 0 Å². The summed E-state index contributed by atoms with van der Waals surface area (Å²) in [6, 6.07) is 4.92. The van der Waals surface area contributed by atoms with Crippen LogP contribution in [0.15, 0.2) is 22.6 Å². The molecule has 0 aliphatic rings. The highest BCUT2D eigenvalue weighted by atomic mass is 35.5. The summed E-state index contributed by atoms with van der Waals surface area (Å²) in [6.07, 6.45) is 3.10. The summed E-state index contributed by atoms with van der Waals surface area (Å²) in [5.74, 6) is 0. The lowest BCUT2D eigenvalue weighted by Gasteiger charge is -2.01. The predicted molar refractivity (Wildman–Crippen MR) is 57.9 cm³/mol. The van der Waals surface area contributed by atoms with Crippen molar-refractivity contribution >= 4 is 32.7 Å². The number of nitrogens with two attached hydrogens (primary N) is 1. The number of hydrogen-bond donors (Lipinski definition) is 1. The summed E-state index contributed by atoms with van der Waals surface area (Å²) in [5, 5.41) is 0.539. The van der Waals surface area contributed by atoms with E-state index in [1.54, 1.807) is 30.7 Å². The minimum Gasteiger partial charge on any atom is -0.397 e. The monoisotopic (exact) mass is 218 g/mol. The molecule has 0 aliphatic heterocycles. The van der Waals surface area contributed by atoms with E-state index in [1.807, 2.05) is 0 Å². The molecule has 13 heavy (non-hydrogen) atoms. The summed E-state index contributed by atoms with van der Waals surface area (Å²) >= 11 is 5.74. The van der Waals surface area contributed by atoms with Crippen molar-refractivity contribution in [1.82, 2.24) is 0 Å². The number of nitrogens with zero attached hydrogens (tertiary/aromatic N) is 1. The molecule has 0 aliphatic carbocycles. The molecule has 0 saturated heterocycles. The van der Waals surface area contributed by atoms with Gasteiger partial charge in [0.25, 0.3) is 0 Å². The Balaban J connectivity index is 3.31. The van der Waals surface area contributed by atoms with Gasteiger partial charge < -0.3 is 5.73 Å². The maximum Gasteiger partial charge on any atom is 0.0973 e. The van der Waals surface area contributed by atoms with Gasteiger partial charge in [0, 0.05) is 27.3 Å². The molecule has 1 aromatic rings. The van der Waals surface area contributed by atoms with Crippen molar-refractivity contribution < 1.29 is 4.21 Å². The molecule has 0 aromatic heterocycles. The van der Waals surface area contributed by atoms with Crippen molar-refractivity contribution in [3.63, 3.8) is 0 Å². The van der Waals surface area contributed by atoms with Crippen LogP contribution >= 0.6 is 11.6 Å². The molecular weight excluding hydrogens is 208 g/mol. The lowest BCUT2D eigenvalue weighted by Crippen LogP contribution is -1.91. The summed E-state index contributed by atoms with van der Waals surface area (Å²) in [6.45, 7) is 0. The number of nitrogen functional groups attached to an aromatic ring is 1. The molecule has 0 saturated carbocycles. The number of benzene rings is 1. The summed E-state index contributed by atoms with van der Waals surface area (Å²) < 4.78 is 15.3. The Morgan fingerprint density at radius 2 is 2.08 bits per heavy atom. The molecule has 72 valence electrons. The summed E-state index contributed by atoms with van der Waals surface area (Å²) in [7, 11) is -2.18. The molecule has 2 N–H and O–H groups in total. The van der Waals surface area contributed by atoms with E-state index < -0.39 is 9.73 Å². The molecule has 0 unspecified atom stereocenters. The number of rotatable bonds is 1. The van der Waals surface area contributed by atoms with Gasteiger partial charge in [-0.2, -0.15) is 4.36 Å². The molecule has 0 fully saturated rings. The van der Waals surface area contributed by atoms with Crippen molar-refractivity contribution in [1.29, 1.82) is 0 Å². The Bertz CT molecular complexity index is 428. The highest BCUT2D eigenvalue weighted by Gasteiger charge is 2.00. The van der Waals surface area contributed by atoms with Gasteiger partial charge >= 0.3 is 0 Å². The lowest BCUT2D eigenvalue weighted by atomic mass is 10.3. The van der Waals surface area contributed by atoms with Crippen LogP contribution in [0.1, 0.15) is 0 Å². The van der Waals surface area contributed by atoms with Crippen LogP contribution in [0.2, 0.25) is 5.02 Å². The average Bonchev–Trinajstić information content (AvgIpc) is 1.94. The second-order valence-electron chi connectivity index (χ2n) is 2.98. The topological polar surface area (TPSA) is 55.5 Å². The van der Waals surface area contributed by atoms with Crippen LogP contribution in [0, 0.1) is 0 Å². The fourth-order valence-corrected chi connectivity index (χ4v) is 1.63. The average molecular weight is 219 g/mol. The fraction of sp³-hybridized carbons (Fsp3) is 0.250. The third-order valence-corrected chi connectivity index (χ3v) is 2.18. The molecular formula is C8H11ClN2OS. The van der Waals surface area contributed by atoms with Crippen LogP contribution in [0.4, 0.5) is 11.4 Å². The van der Waals surface area contributed by atoms with E-state index in [4.69, 9.17) is 17.3 Å². The quantitative estimate of drug-likeness (QED) is 0.736. The van der Waals surface area contributed by atoms with Gasteiger partial charge in [-0.25, -0.2) is 4.21 Å². The van der Waals surface area contributed by atoms with Gasteiger partial charge in [-0.1, -0.05) is 11.6 Å². The molecule has 0 atom stereocenters. The van der Waals surface area contributed by atoms with Crippen LogP contribution in [-0.4, -0.2) is 16.7 Å². The number of anilines is 1. The fourth-order valence-electron chi connectivity index (χ4n) is 0.833. The Labute approximate surface area is 83.1 Å². The van der Waals surface area contributed by atoms with E-state index in [9.17, 15) is 4.21 Å². The first-order valence-electron chi connectivity index (χ1n) is 3.61. The zero-order valence-corrected chi connectivity index (χ0v) is 9.02. The van der Waals surface area contributed by atoms with E-state index in [0.29, 0.717) is 16.4 Å². The zero-order chi connectivity index (χ0) is 10.1. The summed E-state index contributed by atoms with van der Waals surface area (Å²) in [4.78, 5) is 0. The first kappa shape index (κ1) is 10.3. The van der Waals surface area contributed by atoms with Crippen molar-refractivity contribution in [2.24, 2.45) is 4.36 Å². The standard InChI is InChI=1S/C8H11ClN2OS/c1-13(2,12)11-8-5-6(9)3-4-7(8)10/h3-5H,10H2,1-2H3. The van der Waals surface area contributed by atoms with Gasteiger partial charge in [0.2, 0.25) is 0 Å². The van der Waals surface area contributed by atoms with Crippen LogP contribution in [0.25, 0.3) is 0 Å². The Morgan fingerprint density at radius 1 is 1.46 bits per heavy atom. The van der Waals surface area contributed by atoms with Gasteiger partial charge in [-0.3, -0.25) is 0 Å². The Morgan fingerprint density at radius 3 is 2.62 bits per heavy atom. The maximum atomic E-state index is 11.4. The van der Waals surface area contributed by atoms with Crippen molar-refractivity contribution in [3.05, 3.63) is 23.2 Å². The largest absolute Gasteiger partial charge is 0.397 e. The number of halogens is 1. The molecule has 3 nitrogen and oxygen atoms in total. The Kier molecular flexibility index (Phi) is 2.83. The lowest BCUT2D eigenvalue weighted by molar-refractivity contribution is 0.684. The maximum absolute atomic E-state index is 11.4. The van der Waals surface area contributed by atoms with Crippen LogP contribution in [0.5, 0.6) is 0 Å². The highest BCUT2D eigenvalue weighted by molar-refractivity contribution is 7.92. The van der Waals surface area contributed by atoms with E-state index in [2.05, 4.69) is 4.36 Å². The highest BCUT2D eigenvalue weighted by Crippen LogP contribution is 2.26. The predicted octanol–water partition coefficient (Wildman–Crippen LogP) is 2.28. The van der Waals surface area contributed by atoms with E-state index in [1.165, 1.54) is 0 Å². The summed E-state index contributed by atoms with van der Waals surface area (Å²) in [5.41, 5.74) is 6.59. The minimum atomic E-state index is -2.18. The van der Waals surface area contributed by atoms with Crippen LogP contribution < -0.4 is 5.73 Å². The second-order valence-corrected chi connectivity index (χ2v) is 5.96. The molecule has 0 bridgehead atoms. The van der Waals surface area contributed by atoms with E-state index in [0.717, 1.165) is 0 Å². The normalized spacial score (nSPS) is 11.3. The second kappa shape index (κ2) is 3.55. The minimum absolute atomic E-state index is 0.487. The Hall–Kier alpha value is -0.740. The van der Waals surface area contributed by atoms with E-state index >= 15 is 0 Å². The molecule has 1 rings (SSSR count). The van der Waals surface area contributed by atoms with Gasteiger partial charge in [-0.05, 0) is 18.2 Å². The first-order valence-corrected chi connectivity index (χ1v) is 6.31. The molecule has 0 heterocycles. The smallest absolute Gasteiger partial charge is 0.0973 e. The third kappa shape index (κ3) is 3.24. The van der Waals surface area contributed by atoms with Crippen LogP contribution in [-0.2, 0) is 9.73 Å². The molecule has 0 spiro atoms. The van der Waals surface area contributed by atoms with Crippen molar-refractivity contribution in [2.45, 2.75) is 0 Å². The van der Waals surface area contributed by atoms with Gasteiger partial charge in [0.15, 0.2) is 0 Å². The SMILES string of the molecule is CS(C)(=O)=Nc1cc(Cl)ccc1N. The van der Waals surface area contributed by atoms with Gasteiger partial charge in [-0.15, -0.1) is 0 Å². The third-order valence-electron chi connectivity index (χ3n) is 1.31. The van der Waals surface area contributed by atoms with Gasteiger partial charge in [0.05, 0.1) is 11.4 Å². The van der Waals surface area contributed by atoms with Gasteiger partial charge in [0.1, 0.15) is 0 Å². The first-order chi connectivity index (χ1) is 5.88. The zero-order valence-electron chi connectivity index (χ0n) is 7.45. The molecule has 5 heteroatoms. The molecule has 0 radical (unpaired) electrons. The van der Waals surface area contributed by atoms with Crippen molar-refractivity contribution in [3.8, 4) is 0 Å². The van der Waals surface area contributed by atoms with Crippen molar-refractivity contribution in [2.75, 3.05) is 18.2 Å². The van der Waals surface area contributed by atoms with Crippen LogP contribution in [0.3, 0.4) is 0 Å². The number of hydrogen-bond acceptors (Lipinski definition) is 3. The molecule has 1 aromatic carbocycles.